The Morgan fingerprint density at radius 1 is 1.24 bits per heavy atom. The van der Waals surface area contributed by atoms with Crippen LogP contribution in [0.1, 0.15) is 26.5 Å². The lowest BCUT2D eigenvalue weighted by Gasteiger charge is -2.08. The Hall–Kier alpha value is -2.28. The zero-order chi connectivity index (χ0) is 15.4. The molecule has 0 bridgehead atoms. The molecule has 0 unspecified atom stereocenters. The fourth-order valence-corrected chi connectivity index (χ4v) is 2.18. The maximum absolute atomic E-state index is 11.8. The Morgan fingerprint density at radius 2 is 2.00 bits per heavy atom. The molecule has 2 aromatic rings. The first-order valence-electron chi connectivity index (χ1n) is 6.30. The molecule has 1 aromatic carbocycles. The van der Waals surface area contributed by atoms with E-state index >= 15 is 0 Å². The number of aryl methyl sites for hydroxylation is 3. The minimum atomic E-state index is -0.585. The van der Waals surface area contributed by atoms with Crippen molar-refractivity contribution in [3.8, 4) is 0 Å². The van der Waals surface area contributed by atoms with E-state index in [0.29, 0.717) is 16.3 Å². The molecule has 0 fully saturated rings. The first-order chi connectivity index (χ1) is 9.97. The molecule has 2 rings (SSSR count). The van der Waals surface area contributed by atoms with E-state index in [1.54, 1.807) is 13.0 Å². The van der Waals surface area contributed by atoms with Crippen molar-refractivity contribution in [3.05, 3.63) is 39.9 Å². The predicted octanol–water partition coefficient (Wildman–Crippen LogP) is 2.26. The van der Waals surface area contributed by atoms with Crippen molar-refractivity contribution in [1.29, 1.82) is 0 Å². The lowest BCUT2D eigenvalue weighted by Crippen LogP contribution is -2.21. The molecule has 7 heteroatoms. The molecule has 1 amide bonds. The molecule has 1 N–H and O–H groups in total. The summed E-state index contributed by atoms with van der Waals surface area (Å²) in [5.74, 6) is -0.973. The van der Waals surface area contributed by atoms with Crippen LogP contribution < -0.4 is 5.32 Å². The van der Waals surface area contributed by atoms with E-state index in [9.17, 15) is 9.59 Å². The monoisotopic (exact) mass is 305 g/mol. The molecule has 0 aliphatic carbocycles. The van der Waals surface area contributed by atoms with E-state index in [4.69, 9.17) is 4.74 Å². The maximum atomic E-state index is 11.8. The van der Waals surface area contributed by atoms with Crippen LogP contribution >= 0.6 is 11.5 Å². The van der Waals surface area contributed by atoms with Crippen LogP contribution in [0.15, 0.2) is 18.2 Å². The third-order valence-corrected chi connectivity index (χ3v) is 3.77. The highest BCUT2D eigenvalue weighted by atomic mass is 32.1. The highest BCUT2D eigenvalue weighted by Gasteiger charge is 2.16. The van der Waals surface area contributed by atoms with E-state index in [0.717, 1.165) is 22.7 Å². The molecule has 0 atom stereocenters. The minimum absolute atomic E-state index is 0.314. The number of nitrogens with one attached hydrogen (secondary N) is 1. The molecule has 0 radical (unpaired) electrons. The van der Waals surface area contributed by atoms with E-state index < -0.39 is 5.97 Å². The highest BCUT2D eigenvalue weighted by Crippen LogP contribution is 2.14. The number of ether oxygens (including phenoxy) is 1. The van der Waals surface area contributed by atoms with Gasteiger partial charge in [-0.1, -0.05) is 10.6 Å². The Morgan fingerprint density at radius 3 is 2.62 bits per heavy atom. The van der Waals surface area contributed by atoms with Crippen molar-refractivity contribution >= 4 is 29.1 Å². The van der Waals surface area contributed by atoms with Gasteiger partial charge in [0.15, 0.2) is 11.5 Å². The lowest BCUT2D eigenvalue weighted by atomic mass is 10.1. The summed E-state index contributed by atoms with van der Waals surface area (Å²) in [4.78, 5) is 23.8. The zero-order valence-electron chi connectivity index (χ0n) is 12.0. The van der Waals surface area contributed by atoms with Gasteiger partial charge in [-0.05, 0) is 55.6 Å². The highest BCUT2D eigenvalue weighted by molar-refractivity contribution is 7.07. The molecule has 0 aliphatic heterocycles. The second kappa shape index (κ2) is 6.45. The topological polar surface area (TPSA) is 81.2 Å². The Kier molecular flexibility index (Phi) is 4.64. The normalized spacial score (nSPS) is 10.2. The number of esters is 1. The maximum Gasteiger partial charge on any atom is 0.352 e. The van der Waals surface area contributed by atoms with Crippen LogP contribution in [0.2, 0.25) is 0 Å². The summed E-state index contributed by atoms with van der Waals surface area (Å²) >= 11 is 0.949. The van der Waals surface area contributed by atoms with Gasteiger partial charge in [-0.15, -0.1) is 5.10 Å². The second-order valence-corrected chi connectivity index (χ2v) is 5.36. The van der Waals surface area contributed by atoms with Crippen molar-refractivity contribution in [2.45, 2.75) is 20.8 Å². The van der Waals surface area contributed by atoms with Gasteiger partial charge < -0.3 is 10.1 Å². The van der Waals surface area contributed by atoms with Crippen molar-refractivity contribution in [2.24, 2.45) is 0 Å². The Labute approximate surface area is 126 Å². The number of carbonyl (C=O) groups excluding carboxylic acids is 2. The molecule has 110 valence electrons. The molecule has 0 saturated heterocycles. The first kappa shape index (κ1) is 15.1. The van der Waals surface area contributed by atoms with Gasteiger partial charge in [0.25, 0.3) is 5.91 Å². The average molecular weight is 305 g/mol. The number of hydrogen-bond acceptors (Lipinski definition) is 6. The van der Waals surface area contributed by atoms with E-state index in [-0.39, 0.29) is 12.5 Å². The fraction of sp³-hybridized carbons (Fsp3) is 0.286. The molecule has 0 saturated carbocycles. The predicted molar refractivity (Wildman–Crippen MR) is 79.5 cm³/mol. The van der Waals surface area contributed by atoms with Gasteiger partial charge in [-0.3, -0.25) is 4.79 Å². The van der Waals surface area contributed by atoms with Crippen molar-refractivity contribution in [3.63, 3.8) is 0 Å². The largest absolute Gasteiger partial charge is 0.451 e. The minimum Gasteiger partial charge on any atom is -0.451 e. The van der Waals surface area contributed by atoms with Gasteiger partial charge in [0.1, 0.15) is 0 Å². The van der Waals surface area contributed by atoms with Gasteiger partial charge in [0.05, 0.1) is 5.69 Å². The number of anilines is 1. The smallest absolute Gasteiger partial charge is 0.352 e. The molecule has 1 aromatic heterocycles. The molecule has 6 nitrogen and oxygen atoms in total. The average Bonchev–Trinajstić information content (AvgIpc) is 2.86. The number of benzene rings is 1. The standard InChI is InChI=1S/C14H15N3O3S/c1-8-4-5-11(6-9(8)2)15-12(18)7-20-14(19)13-10(3)16-17-21-13/h4-6H,7H2,1-3H3,(H,15,18). The van der Waals surface area contributed by atoms with E-state index in [2.05, 4.69) is 14.9 Å². The lowest BCUT2D eigenvalue weighted by molar-refractivity contribution is -0.119. The second-order valence-electron chi connectivity index (χ2n) is 4.61. The fourth-order valence-electron chi connectivity index (χ4n) is 1.63. The Balaban J connectivity index is 1.89. The molecular weight excluding hydrogens is 290 g/mol. The number of hydrogen-bond donors (Lipinski definition) is 1. The van der Waals surface area contributed by atoms with Gasteiger partial charge >= 0.3 is 5.97 Å². The summed E-state index contributed by atoms with van der Waals surface area (Å²) < 4.78 is 8.58. The van der Waals surface area contributed by atoms with Gasteiger partial charge in [0.2, 0.25) is 0 Å². The van der Waals surface area contributed by atoms with Crippen LogP contribution in [-0.4, -0.2) is 28.1 Å². The van der Waals surface area contributed by atoms with E-state index in [1.165, 1.54) is 0 Å². The van der Waals surface area contributed by atoms with Gasteiger partial charge in [-0.2, -0.15) is 0 Å². The van der Waals surface area contributed by atoms with E-state index in [1.807, 2.05) is 26.0 Å². The SMILES string of the molecule is Cc1ccc(NC(=O)COC(=O)c2snnc2C)cc1C. The summed E-state index contributed by atoms with van der Waals surface area (Å²) in [6.45, 7) is 5.27. The molecular formula is C14H15N3O3S. The molecule has 0 spiro atoms. The quantitative estimate of drug-likeness (QED) is 0.876. The summed E-state index contributed by atoms with van der Waals surface area (Å²) in [6, 6.07) is 5.59. The van der Waals surface area contributed by atoms with Crippen LogP contribution in [0, 0.1) is 20.8 Å². The summed E-state index contributed by atoms with van der Waals surface area (Å²) in [5.41, 5.74) is 3.40. The number of amides is 1. The van der Waals surface area contributed by atoms with Crippen LogP contribution in [0.5, 0.6) is 0 Å². The van der Waals surface area contributed by atoms with Gasteiger partial charge in [0, 0.05) is 5.69 Å². The third kappa shape index (κ3) is 3.85. The van der Waals surface area contributed by atoms with Crippen LogP contribution in [-0.2, 0) is 9.53 Å². The van der Waals surface area contributed by atoms with Crippen LogP contribution in [0.25, 0.3) is 0 Å². The van der Waals surface area contributed by atoms with Crippen molar-refractivity contribution in [1.82, 2.24) is 9.59 Å². The van der Waals surface area contributed by atoms with Crippen molar-refractivity contribution < 1.29 is 14.3 Å². The van der Waals surface area contributed by atoms with Crippen LogP contribution in [0.3, 0.4) is 0 Å². The number of carbonyl (C=O) groups is 2. The molecule has 0 aliphatic rings. The summed E-state index contributed by atoms with van der Waals surface area (Å²) in [5, 5.41) is 6.40. The molecule has 21 heavy (non-hydrogen) atoms. The number of aromatic nitrogens is 2. The van der Waals surface area contributed by atoms with Crippen LogP contribution in [0.4, 0.5) is 5.69 Å². The first-order valence-corrected chi connectivity index (χ1v) is 7.08. The van der Waals surface area contributed by atoms with Gasteiger partial charge in [-0.25, -0.2) is 4.79 Å². The molecule has 1 heterocycles. The van der Waals surface area contributed by atoms with Crippen molar-refractivity contribution in [2.75, 3.05) is 11.9 Å². The third-order valence-electron chi connectivity index (χ3n) is 2.96. The number of rotatable bonds is 4. The Bertz CT molecular complexity index is 682. The number of nitrogens with zero attached hydrogens (tertiary/aromatic N) is 2. The summed E-state index contributed by atoms with van der Waals surface area (Å²) in [6.07, 6.45) is 0. The zero-order valence-corrected chi connectivity index (χ0v) is 12.8. The summed E-state index contributed by atoms with van der Waals surface area (Å²) in [7, 11) is 0.